The second-order valence-corrected chi connectivity index (χ2v) is 4.20. The van der Waals surface area contributed by atoms with Gasteiger partial charge in [0.2, 0.25) is 0 Å². The summed E-state index contributed by atoms with van der Waals surface area (Å²) in [4.78, 5) is 0. The van der Waals surface area contributed by atoms with Crippen molar-refractivity contribution in [3.8, 4) is 0 Å². The molecule has 1 aromatic rings. The average Bonchev–Trinajstić information content (AvgIpc) is 2.70. The number of nitrogens with two attached hydrogens (primary N) is 1. The van der Waals surface area contributed by atoms with Crippen molar-refractivity contribution in [3.05, 3.63) is 29.3 Å². The van der Waals surface area contributed by atoms with Crippen LogP contribution in [0.25, 0.3) is 0 Å². The van der Waals surface area contributed by atoms with Gasteiger partial charge < -0.3 is 10.5 Å². The largest absolute Gasteiger partial charge is 0.501 e. The standard InChI is InChI=1S/C12H19N3O/c1-3-11-10(7-15(2)14-11)12(13)9-5-4-6-16-8-9/h7-8,12H,3-6,13H2,1-2H3. The van der Waals surface area contributed by atoms with Crippen LogP contribution < -0.4 is 5.73 Å². The molecule has 1 aliphatic heterocycles. The molecule has 0 radical (unpaired) electrons. The van der Waals surface area contributed by atoms with Gasteiger partial charge in [-0.15, -0.1) is 0 Å². The van der Waals surface area contributed by atoms with Crippen molar-refractivity contribution < 1.29 is 4.74 Å². The van der Waals surface area contributed by atoms with E-state index >= 15 is 0 Å². The molecule has 1 unspecified atom stereocenters. The average molecular weight is 221 g/mol. The van der Waals surface area contributed by atoms with E-state index in [1.165, 1.54) is 5.57 Å². The molecule has 2 N–H and O–H groups in total. The highest BCUT2D eigenvalue weighted by Crippen LogP contribution is 2.27. The van der Waals surface area contributed by atoms with Gasteiger partial charge in [-0.05, 0) is 24.8 Å². The first-order valence-electron chi connectivity index (χ1n) is 5.81. The van der Waals surface area contributed by atoms with Gasteiger partial charge in [-0.1, -0.05) is 6.92 Å². The fraction of sp³-hybridized carbons (Fsp3) is 0.583. The first kappa shape index (κ1) is 11.2. The zero-order chi connectivity index (χ0) is 11.5. The number of nitrogens with zero attached hydrogens (tertiary/aromatic N) is 2. The minimum absolute atomic E-state index is 0.0658. The van der Waals surface area contributed by atoms with Crippen molar-refractivity contribution in [1.29, 1.82) is 0 Å². The Morgan fingerprint density at radius 1 is 1.62 bits per heavy atom. The van der Waals surface area contributed by atoms with Gasteiger partial charge in [-0.2, -0.15) is 5.10 Å². The lowest BCUT2D eigenvalue weighted by Gasteiger charge is -2.19. The van der Waals surface area contributed by atoms with Crippen LogP contribution in [0.2, 0.25) is 0 Å². The van der Waals surface area contributed by atoms with Gasteiger partial charge in [0.05, 0.1) is 24.6 Å². The van der Waals surface area contributed by atoms with Crippen LogP contribution in [0.1, 0.15) is 37.1 Å². The molecular formula is C12H19N3O. The molecule has 4 nitrogen and oxygen atoms in total. The minimum Gasteiger partial charge on any atom is -0.501 e. The summed E-state index contributed by atoms with van der Waals surface area (Å²) in [5, 5.41) is 4.41. The van der Waals surface area contributed by atoms with Crippen LogP contribution >= 0.6 is 0 Å². The Bertz CT molecular complexity index is 395. The van der Waals surface area contributed by atoms with Crippen molar-refractivity contribution in [3.63, 3.8) is 0 Å². The molecule has 0 fully saturated rings. The number of aryl methyl sites for hydroxylation is 2. The minimum atomic E-state index is -0.0658. The van der Waals surface area contributed by atoms with Gasteiger partial charge in [0.15, 0.2) is 0 Å². The molecule has 0 bridgehead atoms. The molecule has 88 valence electrons. The van der Waals surface area contributed by atoms with Gasteiger partial charge in [-0.3, -0.25) is 4.68 Å². The lowest BCUT2D eigenvalue weighted by Crippen LogP contribution is -2.17. The fourth-order valence-corrected chi connectivity index (χ4v) is 2.10. The SMILES string of the molecule is CCc1nn(C)cc1C(N)C1=COCCC1. The first-order chi connectivity index (χ1) is 7.72. The highest BCUT2D eigenvalue weighted by molar-refractivity contribution is 5.29. The molecule has 0 aromatic carbocycles. The highest BCUT2D eigenvalue weighted by atomic mass is 16.5. The van der Waals surface area contributed by atoms with Crippen molar-refractivity contribution >= 4 is 0 Å². The summed E-state index contributed by atoms with van der Waals surface area (Å²) in [5.74, 6) is 0. The summed E-state index contributed by atoms with van der Waals surface area (Å²) >= 11 is 0. The van der Waals surface area contributed by atoms with Crippen molar-refractivity contribution in [2.24, 2.45) is 12.8 Å². The van der Waals surface area contributed by atoms with Crippen LogP contribution in [0, 0.1) is 0 Å². The van der Waals surface area contributed by atoms with Gasteiger partial charge >= 0.3 is 0 Å². The fourth-order valence-electron chi connectivity index (χ4n) is 2.10. The molecule has 0 amide bonds. The van der Waals surface area contributed by atoms with E-state index in [1.807, 2.05) is 24.2 Å². The third-order valence-corrected chi connectivity index (χ3v) is 2.97. The second-order valence-electron chi connectivity index (χ2n) is 4.20. The van der Waals surface area contributed by atoms with E-state index in [2.05, 4.69) is 12.0 Å². The summed E-state index contributed by atoms with van der Waals surface area (Å²) in [6, 6.07) is -0.0658. The lowest BCUT2D eigenvalue weighted by molar-refractivity contribution is 0.221. The summed E-state index contributed by atoms with van der Waals surface area (Å²) in [6.45, 7) is 2.91. The van der Waals surface area contributed by atoms with E-state index in [-0.39, 0.29) is 6.04 Å². The molecule has 1 aliphatic rings. The maximum absolute atomic E-state index is 6.26. The topological polar surface area (TPSA) is 53.1 Å². The van der Waals surface area contributed by atoms with E-state index in [0.717, 1.165) is 37.1 Å². The quantitative estimate of drug-likeness (QED) is 0.844. The smallest absolute Gasteiger partial charge is 0.0876 e. The van der Waals surface area contributed by atoms with E-state index < -0.39 is 0 Å². The molecule has 2 rings (SSSR count). The van der Waals surface area contributed by atoms with Crippen LogP contribution in [-0.2, 0) is 18.2 Å². The van der Waals surface area contributed by atoms with Crippen LogP contribution in [0.4, 0.5) is 0 Å². The number of ether oxygens (including phenoxy) is 1. The van der Waals surface area contributed by atoms with Crippen LogP contribution in [-0.4, -0.2) is 16.4 Å². The van der Waals surface area contributed by atoms with Gasteiger partial charge in [-0.25, -0.2) is 0 Å². The molecule has 1 aromatic heterocycles. The van der Waals surface area contributed by atoms with E-state index in [1.54, 1.807) is 0 Å². The molecule has 0 saturated carbocycles. The molecule has 0 saturated heterocycles. The Hall–Kier alpha value is -1.29. The highest BCUT2D eigenvalue weighted by Gasteiger charge is 2.19. The maximum Gasteiger partial charge on any atom is 0.0876 e. The summed E-state index contributed by atoms with van der Waals surface area (Å²) in [7, 11) is 1.93. The Kier molecular flexibility index (Phi) is 3.29. The summed E-state index contributed by atoms with van der Waals surface area (Å²) in [6.07, 6.45) is 6.83. The predicted octanol–water partition coefficient (Wildman–Crippen LogP) is 1.68. The molecule has 4 heteroatoms. The Morgan fingerprint density at radius 3 is 3.06 bits per heavy atom. The lowest BCUT2D eigenvalue weighted by atomic mass is 9.96. The van der Waals surface area contributed by atoms with Gasteiger partial charge in [0.25, 0.3) is 0 Å². The molecule has 2 heterocycles. The summed E-state index contributed by atoms with van der Waals surface area (Å²) in [5.41, 5.74) is 9.64. The van der Waals surface area contributed by atoms with Crippen molar-refractivity contribution in [2.75, 3.05) is 6.61 Å². The van der Waals surface area contributed by atoms with Gasteiger partial charge in [0, 0.05) is 18.8 Å². The van der Waals surface area contributed by atoms with Gasteiger partial charge in [0.1, 0.15) is 0 Å². The third-order valence-electron chi connectivity index (χ3n) is 2.97. The molecule has 0 aliphatic carbocycles. The van der Waals surface area contributed by atoms with E-state index in [9.17, 15) is 0 Å². The summed E-state index contributed by atoms with van der Waals surface area (Å²) < 4.78 is 7.17. The third kappa shape index (κ3) is 2.11. The monoisotopic (exact) mass is 221 g/mol. The number of rotatable bonds is 3. The number of hydrogen-bond donors (Lipinski definition) is 1. The van der Waals surface area contributed by atoms with Crippen LogP contribution in [0.3, 0.4) is 0 Å². The first-order valence-corrected chi connectivity index (χ1v) is 5.81. The second kappa shape index (κ2) is 4.70. The zero-order valence-corrected chi connectivity index (χ0v) is 9.94. The van der Waals surface area contributed by atoms with Crippen molar-refractivity contribution in [1.82, 2.24) is 9.78 Å². The Morgan fingerprint density at radius 2 is 2.44 bits per heavy atom. The van der Waals surface area contributed by atoms with Crippen LogP contribution in [0.5, 0.6) is 0 Å². The molecule has 16 heavy (non-hydrogen) atoms. The normalized spacial score (nSPS) is 17.8. The maximum atomic E-state index is 6.26. The van der Waals surface area contributed by atoms with E-state index in [0.29, 0.717) is 0 Å². The molecular weight excluding hydrogens is 202 g/mol. The number of hydrogen-bond acceptors (Lipinski definition) is 3. The Labute approximate surface area is 96.1 Å². The van der Waals surface area contributed by atoms with E-state index in [4.69, 9.17) is 10.5 Å². The predicted molar refractivity (Wildman–Crippen MR) is 62.8 cm³/mol. The molecule has 1 atom stereocenters. The van der Waals surface area contributed by atoms with Crippen molar-refractivity contribution in [2.45, 2.75) is 32.2 Å². The zero-order valence-electron chi connectivity index (χ0n) is 9.94. The number of aromatic nitrogens is 2. The Balaban J connectivity index is 2.25. The molecule has 0 spiro atoms. The van der Waals surface area contributed by atoms with Crippen LogP contribution in [0.15, 0.2) is 18.0 Å².